The number of benzene rings is 1. The third-order valence-electron chi connectivity index (χ3n) is 5.43. The number of methoxy groups -OCH3 is 1. The monoisotopic (exact) mass is 398 g/mol. The van der Waals surface area contributed by atoms with Gasteiger partial charge in [0, 0.05) is 28.8 Å². The van der Waals surface area contributed by atoms with Gasteiger partial charge < -0.3 is 9.26 Å². The van der Waals surface area contributed by atoms with Crippen LogP contribution in [0.15, 0.2) is 59.5 Å². The highest BCUT2D eigenvalue weighted by Gasteiger charge is 2.30. The molecule has 0 saturated heterocycles. The van der Waals surface area contributed by atoms with Gasteiger partial charge in [-0.2, -0.15) is 10.1 Å². The summed E-state index contributed by atoms with van der Waals surface area (Å²) in [4.78, 5) is 9.06. The molecule has 0 unspecified atom stereocenters. The average Bonchev–Trinajstić information content (AvgIpc) is 3.19. The van der Waals surface area contributed by atoms with Crippen molar-refractivity contribution in [2.24, 2.45) is 0 Å². The van der Waals surface area contributed by atoms with Gasteiger partial charge >= 0.3 is 0 Å². The molecule has 5 aromatic rings. The Bertz CT molecular complexity index is 1340. The zero-order chi connectivity index (χ0) is 20.1. The van der Waals surface area contributed by atoms with E-state index in [-0.39, 0.29) is 0 Å². The van der Waals surface area contributed by atoms with Crippen LogP contribution in [-0.4, -0.2) is 36.8 Å². The number of aromatic amines is 1. The molecule has 1 fully saturated rings. The lowest BCUT2D eigenvalue weighted by Gasteiger charge is -2.06. The molecule has 1 N–H and O–H groups in total. The summed E-state index contributed by atoms with van der Waals surface area (Å²) >= 11 is 0. The lowest BCUT2D eigenvalue weighted by atomic mass is 10.0. The average molecular weight is 398 g/mol. The molecule has 4 aromatic heterocycles. The number of aromatic nitrogens is 6. The summed E-state index contributed by atoms with van der Waals surface area (Å²) in [6.07, 6.45) is 7.88. The Balaban J connectivity index is 1.42. The highest BCUT2D eigenvalue weighted by molar-refractivity contribution is 5.81. The smallest absolute Gasteiger partial charge is 0.230 e. The molecule has 8 heteroatoms. The molecule has 0 spiro atoms. The van der Waals surface area contributed by atoms with E-state index in [1.165, 1.54) is 0 Å². The second kappa shape index (κ2) is 6.55. The number of ether oxygens (including phenoxy) is 1. The minimum Gasteiger partial charge on any atom is -0.497 e. The summed E-state index contributed by atoms with van der Waals surface area (Å²) in [6.45, 7) is 0. The van der Waals surface area contributed by atoms with E-state index in [2.05, 4.69) is 25.3 Å². The molecule has 0 aliphatic heterocycles. The first-order chi connectivity index (χ1) is 14.8. The summed E-state index contributed by atoms with van der Waals surface area (Å²) < 4.78 is 12.7. The van der Waals surface area contributed by atoms with Gasteiger partial charge in [0.1, 0.15) is 17.1 Å². The predicted octanol–water partition coefficient (Wildman–Crippen LogP) is 4.33. The summed E-state index contributed by atoms with van der Waals surface area (Å²) in [5.41, 5.74) is 5.59. The highest BCUT2D eigenvalue weighted by Crippen LogP contribution is 2.39. The van der Waals surface area contributed by atoms with Crippen LogP contribution >= 0.6 is 0 Å². The minimum atomic E-state index is 0.416. The molecule has 6 rings (SSSR count). The van der Waals surface area contributed by atoms with Gasteiger partial charge in [0.25, 0.3) is 0 Å². The number of hydrogen-bond donors (Lipinski definition) is 1. The maximum Gasteiger partial charge on any atom is 0.230 e. The van der Waals surface area contributed by atoms with Crippen LogP contribution in [0.5, 0.6) is 5.75 Å². The number of H-pyrrole nitrogens is 1. The Hall–Kier alpha value is -3.94. The number of imidazole rings is 1. The second-order valence-corrected chi connectivity index (χ2v) is 7.41. The van der Waals surface area contributed by atoms with Gasteiger partial charge in [-0.3, -0.25) is 9.50 Å². The van der Waals surface area contributed by atoms with Crippen LogP contribution in [-0.2, 0) is 0 Å². The summed E-state index contributed by atoms with van der Waals surface area (Å²) in [5, 5.41) is 11.6. The van der Waals surface area contributed by atoms with Crippen LogP contribution in [0, 0.1) is 0 Å². The quantitative estimate of drug-likeness (QED) is 0.474. The van der Waals surface area contributed by atoms with Crippen LogP contribution < -0.4 is 4.74 Å². The number of nitrogens with one attached hydrogen (secondary N) is 1. The number of nitrogens with zero attached hydrogens (tertiary/aromatic N) is 5. The first kappa shape index (κ1) is 17.0. The molecule has 148 valence electrons. The fraction of sp³-hybridized carbons (Fsp3) is 0.182. The molecule has 1 aromatic carbocycles. The Morgan fingerprint density at radius 1 is 1.07 bits per heavy atom. The van der Waals surface area contributed by atoms with Crippen molar-refractivity contribution in [1.82, 2.24) is 29.7 Å². The zero-order valence-electron chi connectivity index (χ0n) is 16.2. The summed E-state index contributed by atoms with van der Waals surface area (Å²) in [6, 6.07) is 11.9. The van der Waals surface area contributed by atoms with Crippen molar-refractivity contribution in [3.05, 3.63) is 60.9 Å². The second-order valence-electron chi connectivity index (χ2n) is 7.41. The predicted molar refractivity (Wildman–Crippen MR) is 110 cm³/mol. The van der Waals surface area contributed by atoms with E-state index in [0.717, 1.165) is 52.3 Å². The highest BCUT2D eigenvalue weighted by atomic mass is 16.5. The van der Waals surface area contributed by atoms with Crippen LogP contribution in [0.25, 0.3) is 39.5 Å². The maximum absolute atomic E-state index is 5.43. The number of rotatable bonds is 5. The van der Waals surface area contributed by atoms with Crippen LogP contribution in [0.4, 0.5) is 0 Å². The summed E-state index contributed by atoms with van der Waals surface area (Å²) in [7, 11) is 1.66. The van der Waals surface area contributed by atoms with Crippen molar-refractivity contribution >= 4 is 5.65 Å². The van der Waals surface area contributed by atoms with Gasteiger partial charge in [0.2, 0.25) is 11.7 Å². The van der Waals surface area contributed by atoms with Crippen molar-refractivity contribution in [3.8, 4) is 39.7 Å². The third kappa shape index (κ3) is 2.76. The van der Waals surface area contributed by atoms with E-state index in [1.807, 2.05) is 53.2 Å². The molecule has 0 radical (unpaired) electrons. The van der Waals surface area contributed by atoms with E-state index in [0.29, 0.717) is 17.6 Å². The fourth-order valence-electron chi connectivity index (χ4n) is 3.62. The largest absolute Gasteiger partial charge is 0.497 e. The van der Waals surface area contributed by atoms with Gasteiger partial charge in [-0.1, -0.05) is 5.16 Å². The van der Waals surface area contributed by atoms with Crippen molar-refractivity contribution in [1.29, 1.82) is 0 Å². The molecule has 0 amide bonds. The summed E-state index contributed by atoms with van der Waals surface area (Å²) in [5.74, 6) is 2.51. The number of hydrogen-bond acceptors (Lipinski definition) is 6. The molecule has 4 heterocycles. The molecule has 0 atom stereocenters. The molecule has 1 aliphatic rings. The maximum atomic E-state index is 5.43. The van der Waals surface area contributed by atoms with E-state index in [1.54, 1.807) is 13.3 Å². The first-order valence-corrected chi connectivity index (χ1v) is 9.79. The van der Waals surface area contributed by atoms with Gasteiger partial charge in [-0.25, -0.2) is 4.98 Å². The molecular formula is C22H18N6O2. The van der Waals surface area contributed by atoms with Crippen molar-refractivity contribution in [3.63, 3.8) is 0 Å². The van der Waals surface area contributed by atoms with E-state index < -0.39 is 0 Å². The molecular weight excluding hydrogens is 380 g/mol. The Kier molecular flexibility index (Phi) is 3.70. The van der Waals surface area contributed by atoms with Crippen molar-refractivity contribution in [2.75, 3.05) is 7.11 Å². The topological polar surface area (TPSA) is 94.1 Å². The lowest BCUT2D eigenvalue weighted by Crippen LogP contribution is -1.92. The van der Waals surface area contributed by atoms with E-state index in [4.69, 9.17) is 9.26 Å². The minimum absolute atomic E-state index is 0.416. The fourth-order valence-corrected chi connectivity index (χ4v) is 3.62. The van der Waals surface area contributed by atoms with Crippen LogP contribution in [0.3, 0.4) is 0 Å². The number of pyridine rings is 1. The molecule has 8 nitrogen and oxygen atoms in total. The van der Waals surface area contributed by atoms with E-state index >= 15 is 0 Å². The van der Waals surface area contributed by atoms with Crippen LogP contribution in [0.1, 0.15) is 24.7 Å². The lowest BCUT2D eigenvalue weighted by molar-refractivity contribution is 0.380. The number of fused-ring (bicyclic) bond motifs is 1. The first-order valence-electron chi connectivity index (χ1n) is 9.79. The van der Waals surface area contributed by atoms with E-state index in [9.17, 15) is 0 Å². The molecule has 0 bridgehead atoms. The normalized spacial score (nSPS) is 13.8. The van der Waals surface area contributed by atoms with Gasteiger partial charge in [-0.05, 0) is 49.2 Å². The molecule has 30 heavy (non-hydrogen) atoms. The third-order valence-corrected chi connectivity index (χ3v) is 5.43. The Morgan fingerprint density at radius 3 is 2.70 bits per heavy atom. The Labute approximate surface area is 171 Å². The SMILES string of the molecule is COc1ccc(-c2[nH]ncc2-c2ccc3ncc(-c4noc(C5CC5)n4)n3c2)cc1. The van der Waals surface area contributed by atoms with Crippen LogP contribution in [0.2, 0.25) is 0 Å². The standard InChI is InChI=1S/C22H18N6O2/c1-29-16-7-4-13(5-8-16)20-17(10-24-26-20)15-6-9-19-23-11-18(28(19)12-15)21-25-22(30-27-21)14-2-3-14/h4-12,14H,2-3H2,1H3,(H,24,26). The zero-order valence-corrected chi connectivity index (χ0v) is 16.2. The van der Waals surface area contributed by atoms with Gasteiger partial charge in [0.15, 0.2) is 0 Å². The molecule has 1 aliphatic carbocycles. The van der Waals surface area contributed by atoms with Crippen molar-refractivity contribution in [2.45, 2.75) is 18.8 Å². The van der Waals surface area contributed by atoms with Gasteiger partial charge in [-0.15, -0.1) is 0 Å². The van der Waals surface area contributed by atoms with Gasteiger partial charge in [0.05, 0.1) is 25.2 Å². The Morgan fingerprint density at radius 2 is 1.90 bits per heavy atom. The molecule has 1 saturated carbocycles. The van der Waals surface area contributed by atoms with Crippen molar-refractivity contribution < 1.29 is 9.26 Å².